The largest absolute Gasteiger partial charge is 0.467 e. The van der Waals surface area contributed by atoms with Crippen LogP contribution in [0.5, 0.6) is 0 Å². The molecule has 1 aromatic carbocycles. The molecule has 0 atom stereocenters. The second-order valence-corrected chi connectivity index (χ2v) is 9.30. The van der Waals surface area contributed by atoms with Crippen molar-refractivity contribution in [2.45, 2.75) is 18.6 Å². The molecule has 0 aliphatic carbocycles. The highest BCUT2D eigenvalue weighted by molar-refractivity contribution is 9.11. The fourth-order valence-electron chi connectivity index (χ4n) is 2.94. The minimum Gasteiger partial charge on any atom is -0.467 e. The van der Waals surface area contributed by atoms with E-state index in [2.05, 4.69) is 52.4 Å². The van der Waals surface area contributed by atoms with Gasteiger partial charge in [0.1, 0.15) is 5.76 Å². The number of anilines is 1. The third kappa shape index (κ3) is 5.25. The lowest BCUT2D eigenvalue weighted by Gasteiger charge is -2.11. The zero-order valence-electron chi connectivity index (χ0n) is 16.4. The number of nitrogens with zero attached hydrogens (tertiary/aromatic N) is 4. The van der Waals surface area contributed by atoms with Crippen molar-refractivity contribution in [1.82, 2.24) is 19.7 Å². The number of hydrogen-bond acceptors (Lipinski definition) is 6. The molecular formula is C21H17Br2N5O2S. The Kier molecular flexibility index (Phi) is 6.89. The van der Waals surface area contributed by atoms with Crippen LogP contribution in [0.4, 0.5) is 5.69 Å². The number of carbonyl (C=O) groups excluding carboxylic acids is 1. The van der Waals surface area contributed by atoms with E-state index in [-0.39, 0.29) is 11.7 Å². The van der Waals surface area contributed by atoms with E-state index in [4.69, 9.17) is 4.42 Å². The van der Waals surface area contributed by atoms with Crippen molar-refractivity contribution in [2.75, 3.05) is 11.1 Å². The predicted octanol–water partition coefficient (Wildman–Crippen LogP) is 5.55. The number of hydrogen-bond donors (Lipinski definition) is 1. The Morgan fingerprint density at radius 3 is 2.58 bits per heavy atom. The van der Waals surface area contributed by atoms with E-state index in [9.17, 15) is 4.79 Å². The van der Waals surface area contributed by atoms with Crippen LogP contribution in [0.1, 0.15) is 11.3 Å². The summed E-state index contributed by atoms with van der Waals surface area (Å²) in [5.41, 5.74) is 2.67. The zero-order valence-corrected chi connectivity index (χ0v) is 20.4. The summed E-state index contributed by atoms with van der Waals surface area (Å²) < 4.78 is 9.08. The normalized spacial score (nSPS) is 10.9. The van der Waals surface area contributed by atoms with Crippen molar-refractivity contribution in [3.8, 4) is 11.4 Å². The first-order valence-electron chi connectivity index (χ1n) is 9.25. The van der Waals surface area contributed by atoms with E-state index in [1.165, 1.54) is 11.8 Å². The molecular weight excluding hydrogens is 546 g/mol. The van der Waals surface area contributed by atoms with Gasteiger partial charge in [-0.25, -0.2) is 0 Å². The highest BCUT2D eigenvalue weighted by Crippen LogP contribution is 2.33. The van der Waals surface area contributed by atoms with E-state index in [1.54, 1.807) is 18.7 Å². The minimum absolute atomic E-state index is 0.145. The first-order chi connectivity index (χ1) is 15.0. The second kappa shape index (κ2) is 9.80. The van der Waals surface area contributed by atoms with Gasteiger partial charge in [-0.1, -0.05) is 11.8 Å². The van der Waals surface area contributed by atoms with Gasteiger partial charge in [-0.3, -0.25) is 14.3 Å². The first kappa shape index (κ1) is 21.8. The molecule has 0 radical (unpaired) electrons. The van der Waals surface area contributed by atoms with Gasteiger partial charge in [-0.15, -0.1) is 10.2 Å². The molecule has 0 unspecified atom stereocenters. The molecule has 4 aromatic rings. The van der Waals surface area contributed by atoms with Crippen molar-refractivity contribution in [3.63, 3.8) is 0 Å². The topological polar surface area (TPSA) is 85.8 Å². The molecule has 0 saturated carbocycles. The van der Waals surface area contributed by atoms with Crippen molar-refractivity contribution >= 4 is 55.2 Å². The number of nitrogens with one attached hydrogen (secondary N) is 1. The molecule has 158 valence electrons. The molecule has 0 saturated heterocycles. The quantitative estimate of drug-likeness (QED) is 0.297. The summed E-state index contributed by atoms with van der Waals surface area (Å²) in [6.45, 7) is 2.44. The average molecular weight is 563 g/mol. The van der Waals surface area contributed by atoms with E-state index in [1.807, 2.05) is 47.9 Å². The fourth-order valence-corrected chi connectivity index (χ4v) is 5.29. The highest BCUT2D eigenvalue weighted by Gasteiger charge is 2.18. The number of rotatable bonds is 7. The van der Waals surface area contributed by atoms with Crippen LogP contribution in [0, 0.1) is 6.92 Å². The van der Waals surface area contributed by atoms with Crippen LogP contribution in [-0.4, -0.2) is 31.4 Å². The number of aryl methyl sites for hydroxylation is 1. The molecule has 1 N–H and O–H groups in total. The molecule has 4 rings (SSSR count). The minimum atomic E-state index is -0.145. The van der Waals surface area contributed by atoms with E-state index in [0.717, 1.165) is 25.8 Å². The number of amides is 1. The van der Waals surface area contributed by atoms with Crippen molar-refractivity contribution in [1.29, 1.82) is 0 Å². The van der Waals surface area contributed by atoms with Crippen molar-refractivity contribution in [3.05, 3.63) is 75.3 Å². The van der Waals surface area contributed by atoms with Crippen LogP contribution in [0.3, 0.4) is 0 Å². The molecule has 0 bridgehead atoms. The number of carbonyl (C=O) groups is 1. The Morgan fingerprint density at radius 1 is 1.16 bits per heavy atom. The van der Waals surface area contributed by atoms with Crippen molar-refractivity contribution in [2.24, 2.45) is 0 Å². The van der Waals surface area contributed by atoms with Crippen LogP contribution >= 0.6 is 43.6 Å². The summed E-state index contributed by atoms with van der Waals surface area (Å²) in [4.78, 5) is 16.7. The monoisotopic (exact) mass is 561 g/mol. The Balaban J connectivity index is 1.53. The molecule has 0 aliphatic rings. The smallest absolute Gasteiger partial charge is 0.234 e. The van der Waals surface area contributed by atoms with Gasteiger partial charge in [0.05, 0.1) is 24.2 Å². The molecule has 3 heterocycles. The third-order valence-corrected chi connectivity index (χ3v) is 6.55. The Bertz CT molecular complexity index is 1170. The maximum absolute atomic E-state index is 12.6. The zero-order chi connectivity index (χ0) is 21.8. The molecule has 7 nitrogen and oxygen atoms in total. The van der Waals surface area contributed by atoms with Gasteiger partial charge in [0, 0.05) is 26.9 Å². The van der Waals surface area contributed by atoms with Gasteiger partial charge in [0.15, 0.2) is 11.0 Å². The number of benzene rings is 1. The average Bonchev–Trinajstić information content (AvgIpc) is 3.40. The van der Waals surface area contributed by atoms with Crippen LogP contribution in [-0.2, 0) is 11.3 Å². The Hall–Kier alpha value is -2.43. The summed E-state index contributed by atoms with van der Waals surface area (Å²) in [5, 5.41) is 12.2. The first-order valence-corrected chi connectivity index (χ1v) is 11.8. The van der Waals surface area contributed by atoms with E-state index in [0.29, 0.717) is 23.2 Å². The summed E-state index contributed by atoms with van der Waals surface area (Å²) in [5.74, 6) is 1.49. The summed E-state index contributed by atoms with van der Waals surface area (Å²) in [6.07, 6.45) is 5.04. The number of aromatic nitrogens is 4. The second-order valence-electron chi connectivity index (χ2n) is 6.65. The highest BCUT2D eigenvalue weighted by atomic mass is 79.9. The number of pyridine rings is 1. The van der Waals surface area contributed by atoms with Gasteiger partial charge >= 0.3 is 0 Å². The lowest BCUT2D eigenvalue weighted by atomic mass is 10.2. The SMILES string of the molecule is Cc1cc(Br)c(NC(=O)CSc2nnc(-c3ccncc3)n2Cc2ccco2)c(Br)c1. The maximum Gasteiger partial charge on any atom is 0.234 e. The molecule has 3 aromatic heterocycles. The van der Waals surface area contributed by atoms with Gasteiger partial charge < -0.3 is 9.73 Å². The standard InChI is InChI=1S/C21H17Br2N5O2S/c1-13-9-16(22)19(17(23)10-13)25-18(29)12-31-21-27-26-20(14-4-6-24-7-5-14)28(21)11-15-3-2-8-30-15/h2-10H,11-12H2,1H3,(H,25,29). The van der Waals surface area contributed by atoms with Crippen molar-refractivity contribution < 1.29 is 9.21 Å². The third-order valence-electron chi connectivity index (χ3n) is 4.33. The van der Waals surface area contributed by atoms with Crippen LogP contribution < -0.4 is 5.32 Å². The van der Waals surface area contributed by atoms with Crippen LogP contribution in [0.25, 0.3) is 11.4 Å². The van der Waals surface area contributed by atoms with Crippen LogP contribution in [0.15, 0.2) is 73.6 Å². The van der Waals surface area contributed by atoms with Gasteiger partial charge in [-0.2, -0.15) is 0 Å². The summed E-state index contributed by atoms with van der Waals surface area (Å²) in [6, 6.07) is 11.4. The number of thioether (sulfide) groups is 1. The van der Waals surface area contributed by atoms with Crippen LogP contribution in [0.2, 0.25) is 0 Å². The fraction of sp³-hybridized carbons (Fsp3) is 0.143. The maximum atomic E-state index is 12.6. The predicted molar refractivity (Wildman–Crippen MR) is 127 cm³/mol. The molecule has 0 spiro atoms. The molecule has 1 amide bonds. The van der Waals surface area contributed by atoms with E-state index >= 15 is 0 Å². The Morgan fingerprint density at radius 2 is 1.90 bits per heavy atom. The number of furan rings is 1. The molecule has 10 heteroatoms. The summed E-state index contributed by atoms with van der Waals surface area (Å²) in [7, 11) is 0. The Labute approximate surface area is 199 Å². The molecule has 31 heavy (non-hydrogen) atoms. The summed E-state index contributed by atoms with van der Waals surface area (Å²) >= 11 is 8.32. The lowest BCUT2D eigenvalue weighted by Crippen LogP contribution is -2.15. The lowest BCUT2D eigenvalue weighted by molar-refractivity contribution is -0.113. The van der Waals surface area contributed by atoms with Gasteiger partial charge in [0.2, 0.25) is 5.91 Å². The van der Waals surface area contributed by atoms with Gasteiger partial charge in [0.25, 0.3) is 0 Å². The molecule has 0 fully saturated rings. The number of halogens is 2. The van der Waals surface area contributed by atoms with Gasteiger partial charge in [-0.05, 0) is 80.7 Å². The molecule has 0 aliphatic heterocycles. The van der Waals surface area contributed by atoms with E-state index < -0.39 is 0 Å².